The number of hydrogen-bond donors (Lipinski definition) is 2. The molecule has 0 radical (unpaired) electrons. The standard InChI is InChI=1S/C24H15F5N6O2/c1-11-20(21(24(27,28)29)34-35(11)10-13-4-2-12(9-30)3-5-13)33-23(37)18-8-15(22(31)36)19-16(26)6-14(25)7-17(19)32-18/h2-8H,10H2,1H3,(H2,31,36)(H,33,37). The Hall–Kier alpha value is -4.86. The predicted octanol–water partition coefficient (Wildman–Crippen LogP) is 4.31. The average molecular weight is 514 g/mol. The predicted molar refractivity (Wildman–Crippen MR) is 120 cm³/mol. The van der Waals surface area contributed by atoms with Gasteiger partial charge in [0.25, 0.3) is 5.91 Å². The first-order chi connectivity index (χ1) is 17.4. The van der Waals surface area contributed by atoms with E-state index in [1.807, 2.05) is 6.07 Å². The summed E-state index contributed by atoms with van der Waals surface area (Å²) >= 11 is 0. The monoisotopic (exact) mass is 514 g/mol. The summed E-state index contributed by atoms with van der Waals surface area (Å²) in [5.41, 5.74) is 2.53. The van der Waals surface area contributed by atoms with Gasteiger partial charge >= 0.3 is 6.18 Å². The van der Waals surface area contributed by atoms with E-state index in [2.05, 4.69) is 15.4 Å². The topological polar surface area (TPSA) is 127 Å². The molecule has 2 aromatic carbocycles. The maximum atomic E-state index is 14.3. The number of aromatic nitrogens is 3. The van der Waals surface area contributed by atoms with Crippen LogP contribution in [-0.4, -0.2) is 26.6 Å². The highest BCUT2D eigenvalue weighted by atomic mass is 19.4. The van der Waals surface area contributed by atoms with Crippen LogP contribution in [0.1, 0.15) is 43.4 Å². The number of halogens is 5. The number of fused-ring (bicyclic) bond motifs is 1. The number of pyridine rings is 1. The molecule has 0 fully saturated rings. The van der Waals surface area contributed by atoms with Crippen molar-refractivity contribution in [3.8, 4) is 6.07 Å². The molecular weight excluding hydrogens is 499 g/mol. The minimum absolute atomic E-state index is 0.0574. The van der Waals surface area contributed by atoms with Crippen LogP contribution in [0.4, 0.5) is 27.6 Å². The molecule has 0 spiro atoms. The lowest BCUT2D eigenvalue weighted by molar-refractivity contribution is -0.140. The highest BCUT2D eigenvalue weighted by molar-refractivity contribution is 6.10. The van der Waals surface area contributed by atoms with Gasteiger partial charge in [-0.3, -0.25) is 14.3 Å². The molecule has 0 unspecified atom stereocenters. The summed E-state index contributed by atoms with van der Waals surface area (Å²) in [4.78, 5) is 28.6. The molecule has 8 nitrogen and oxygen atoms in total. The van der Waals surface area contributed by atoms with Gasteiger partial charge < -0.3 is 11.1 Å². The highest BCUT2D eigenvalue weighted by Crippen LogP contribution is 2.36. The quantitative estimate of drug-likeness (QED) is 0.384. The number of carbonyl (C=O) groups excluding carboxylic acids is 2. The number of rotatable bonds is 5. The minimum Gasteiger partial charge on any atom is -0.366 e. The van der Waals surface area contributed by atoms with Crippen molar-refractivity contribution in [3.05, 3.63) is 87.9 Å². The van der Waals surface area contributed by atoms with E-state index in [4.69, 9.17) is 11.0 Å². The Kier molecular flexibility index (Phi) is 6.35. The SMILES string of the molecule is Cc1c(NC(=O)c2cc(C(N)=O)c3c(F)cc(F)cc3n2)c(C(F)(F)F)nn1Cc1ccc(C#N)cc1. The molecule has 0 aliphatic carbocycles. The molecule has 0 aliphatic rings. The molecule has 0 aliphatic heterocycles. The van der Waals surface area contributed by atoms with Crippen LogP contribution in [0.2, 0.25) is 0 Å². The lowest BCUT2D eigenvalue weighted by Crippen LogP contribution is -2.20. The molecule has 0 bridgehead atoms. The van der Waals surface area contributed by atoms with Crippen molar-refractivity contribution in [2.75, 3.05) is 5.32 Å². The van der Waals surface area contributed by atoms with Crippen molar-refractivity contribution in [1.82, 2.24) is 14.8 Å². The van der Waals surface area contributed by atoms with E-state index in [0.717, 1.165) is 16.8 Å². The zero-order valence-corrected chi connectivity index (χ0v) is 18.8. The van der Waals surface area contributed by atoms with Crippen LogP contribution in [0, 0.1) is 29.9 Å². The molecular formula is C24H15F5N6O2. The van der Waals surface area contributed by atoms with Gasteiger partial charge in [-0.15, -0.1) is 0 Å². The highest BCUT2D eigenvalue weighted by Gasteiger charge is 2.39. The van der Waals surface area contributed by atoms with Crippen molar-refractivity contribution < 1.29 is 31.5 Å². The fraction of sp³-hybridized carbons (Fsp3) is 0.125. The van der Waals surface area contributed by atoms with Gasteiger partial charge in [0.2, 0.25) is 5.91 Å². The molecule has 2 aromatic heterocycles. The van der Waals surface area contributed by atoms with E-state index in [1.165, 1.54) is 19.1 Å². The third-order valence-electron chi connectivity index (χ3n) is 5.45. The van der Waals surface area contributed by atoms with Gasteiger partial charge in [0, 0.05) is 17.5 Å². The molecule has 2 amide bonds. The number of nitriles is 1. The summed E-state index contributed by atoms with van der Waals surface area (Å²) in [5.74, 6) is -4.55. The second-order valence-corrected chi connectivity index (χ2v) is 7.93. The molecule has 0 saturated carbocycles. The van der Waals surface area contributed by atoms with E-state index >= 15 is 0 Å². The molecule has 0 saturated heterocycles. The Labute approximate surface area is 205 Å². The molecule has 13 heteroatoms. The lowest BCUT2D eigenvalue weighted by Gasteiger charge is -2.11. The van der Waals surface area contributed by atoms with Gasteiger partial charge in [0.05, 0.1) is 40.6 Å². The number of carbonyl (C=O) groups is 2. The molecule has 37 heavy (non-hydrogen) atoms. The largest absolute Gasteiger partial charge is 0.437 e. The summed E-state index contributed by atoms with van der Waals surface area (Å²) in [6, 6.07) is 10.1. The smallest absolute Gasteiger partial charge is 0.366 e. The summed E-state index contributed by atoms with van der Waals surface area (Å²) in [6.45, 7) is 1.20. The first kappa shape index (κ1) is 25.2. The molecule has 3 N–H and O–H groups in total. The van der Waals surface area contributed by atoms with Crippen LogP contribution in [0.3, 0.4) is 0 Å². The number of benzene rings is 2. The van der Waals surface area contributed by atoms with E-state index in [-0.39, 0.29) is 12.2 Å². The summed E-state index contributed by atoms with van der Waals surface area (Å²) in [5, 5.41) is 14.2. The number of nitrogens with two attached hydrogens (primary N) is 1. The molecule has 188 valence electrons. The fourth-order valence-electron chi connectivity index (χ4n) is 3.68. The number of hydrogen-bond acceptors (Lipinski definition) is 5. The number of nitrogens with zero attached hydrogens (tertiary/aromatic N) is 4. The van der Waals surface area contributed by atoms with Crippen molar-refractivity contribution in [3.63, 3.8) is 0 Å². The van der Waals surface area contributed by atoms with Crippen molar-refractivity contribution in [2.45, 2.75) is 19.6 Å². The number of primary amides is 1. The molecule has 4 aromatic rings. The van der Waals surface area contributed by atoms with Crippen LogP contribution in [0.5, 0.6) is 0 Å². The summed E-state index contributed by atoms with van der Waals surface area (Å²) in [7, 11) is 0. The Morgan fingerprint density at radius 3 is 2.41 bits per heavy atom. The van der Waals surface area contributed by atoms with Crippen molar-refractivity contribution in [1.29, 1.82) is 5.26 Å². The maximum absolute atomic E-state index is 14.3. The number of amides is 2. The zero-order chi connectivity index (χ0) is 27.1. The third-order valence-corrected chi connectivity index (χ3v) is 5.45. The summed E-state index contributed by atoms with van der Waals surface area (Å²) < 4.78 is 70.3. The van der Waals surface area contributed by atoms with Gasteiger partial charge in [-0.2, -0.15) is 23.5 Å². The maximum Gasteiger partial charge on any atom is 0.437 e. The zero-order valence-electron chi connectivity index (χ0n) is 18.8. The van der Waals surface area contributed by atoms with E-state index < -0.39 is 63.2 Å². The molecule has 0 atom stereocenters. The van der Waals surface area contributed by atoms with Crippen molar-refractivity contribution in [2.24, 2.45) is 5.73 Å². The van der Waals surface area contributed by atoms with Crippen molar-refractivity contribution >= 4 is 28.4 Å². The van der Waals surface area contributed by atoms with Crippen LogP contribution in [0.25, 0.3) is 10.9 Å². The van der Waals surface area contributed by atoms with E-state index in [9.17, 15) is 31.5 Å². The minimum atomic E-state index is -4.95. The van der Waals surface area contributed by atoms with Crippen LogP contribution in [-0.2, 0) is 12.7 Å². The van der Waals surface area contributed by atoms with Gasteiger partial charge in [0.15, 0.2) is 5.69 Å². The fourth-order valence-corrected chi connectivity index (χ4v) is 3.68. The lowest BCUT2D eigenvalue weighted by atomic mass is 10.1. The first-order valence-electron chi connectivity index (χ1n) is 10.4. The Bertz CT molecular complexity index is 1600. The van der Waals surface area contributed by atoms with Gasteiger partial charge in [-0.05, 0) is 30.7 Å². The van der Waals surface area contributed by atoms with E-state index in [1.54, 1.807) is 12.1 Å². The molecule has 2 heterocycles. The van der Waals surface area contributed by atoms with E-state index in [0.29, 0.717) is 17.2 Å². The Balaban J connectivity index is 1.75. The van der Waals surface area contributed by atoms with Crippen LogP contribution < -0.4 is 11.1 Å². The number of nitrogens with one attached hydrogen (secondary N) is 1. The van der Waals surface area contributed by atoms with Crippen LogP contribution >= 0.6 is 0 Å². The number of alkyl halides is 3. The van der Waals surface area contributed by atoms with Gasteiger partial charge in [0.1, 0.15) is 17.3 Å². The average Bonchev–Trinajstić information content (AvgIpc) is 3.13. The van der Waals surface area contributed by atoms with Gasteiger partial charge in [-0.1, -0.05) is 12.1 Å². The number of anilines is 1. The second kappa shape index (κ2) is 9.30. The first-order valence-corrected chi connectivity index (χ1v) is 10.4. The Morgan fingerprint density at radius 2 is 1.81 bits per heavy atom. The second-order valence-electron chi connectivity index (χ2n) is 7.93. The molecule has 4 rings (SSSR count). The van der Waals surface area contributed by atoms with Gasteiger partial charge in [-0.25, -0.2) is 13.8 Å². The van der Waals surface area contributed by atoms with Crippen LogP contribution in [0.15, 0.2) is 42.5 Å². The summed E-state index contributed by atoms with van der Waals surface area (Å²) in [6.07, 6.45) is -4.95. The third kappa shape index (κ3) is 4.94. The Morgan fingerprint density at radius 1 is 1.14 bits per heavy atom. The normalized spacial score (nSPS) is 11.4.